The van der Waals surface area contributed by atoms with Crippen molar-refractivity contribution >= 4 is 7.14 Å². The molecule has 0 spiro atoms. The predicted octanol–water partition coefficient (Wildman–Crippen LogP) is 2.70. The third-order valence-electron chi connectivity index (χ3n) is 2.79. The molecular weight excluding hydrogens is 143 g/mol. The first-order valence-corrected chi connectivity index (χ1v) is 6.54. The molecule has 0 amide bonds. The van der Waals surface area contributed by atoms with Gasteiger partial charge in [-0.1, -0.05) is 6.42 Å². The number of rotatable bonds is 1. The van der Waals surface area contributed by atoms with Crippen molar-refractivity contribution in [3.8, 4) is 0 Å². The van der Waals surface area contributed by atoms with E-state index in [0.29, 0.717) is 5.66 Å². The summed E-state index contributed by atoms with van der Waals surface area (Å²) in [6, 6.07) is 0. The molecule has 2 aliphatic rings. The van der Waals surface area contributed by atoms with Crippen molar-refractivity contribution in [3.63, 3.8) is 0 Å². The van der Waals surface area contributed by atoms with E-state index in [1.165, 1.54) is 32.1 Å². The molecule has 0 unspecified atom stereocenters. The summed E-state index contributed by atoms with van der Waals surface area (Å²) < 4.78 is 12.0. The third kappa shape index (κ3) is 1.16. The average molecular weight is 158 g/mol. The summed E-state index contributed by atoms with van der Waals surface area (Å²) in [7, 11) is -1.57. The van der Waals surface area contributed by atoms with Gasteiger partial charge in [0, 0.05) is 18.0 Å². The minimum atomic E-state index is -1.57. The van der Waals surface area contributed by atoms with Gasteiger partial charge in [0.05, 0.1) is 7.14 Å². The molecule has 1 nitrogen and oxygen atoms in total. The van der Waals surface area contributed by atoms with E-state index in [4.69, 9.17) is 0 Å². The van der Waals surface area contributed by atoms with Crippen LogP contribution in [0.5, 0.6) is 0 Å². The lowest BCUT2D eigenvalue weighted by Gasteiger charge is -2.21. The van der Waals surface area contributed by atoms with Crippen LogP contribution in [0.4, 0.5) is 0 Å². The molecule has 58 valence electrons. The molecule has 0 aromatic heterocycles. The molecule has 1 saturated carbocycles. The van der Waals surface area contributed by atoms with Crippen molar-refractivity contribution in [2.24, 2.45) is 0 Å². The predicted molar refractivity (Wildman–Crippen MR) is 44.2 cm³/mol. The van der Waals surface area contributed by atoms with E-state index in [2.05, 4.69) is 0 Å². The molecule has 0 aromatic carbocycles. The van der Waals surface area contributed by atoms with Gasteiger partial charge >= 0.3 is 0 Å². The van der Waals surface area contributed by atoms with Crippen molar-refractivity contribution in [3.05, 3.63) is 0 Å². The van der Waals surface area contributed by atoms with Gasteiger partial charge in [-0.2, -0.15) is 0 Å². The first-order valence-electron chi connectivity index (χ1n) is 4.39. The van der Waals surface area contributed by atoms with Crippen molar-refractivity contribution in [2.75, 3.05) is 12.3 Å². The Morgan fingerprint density at radius 1 is 1.00 bits per heavy atom. The third-order valence-corrected chi connectivity index (χ3v) is 6.78. The molecule has 2 heteroatoms. The SMILES string of the molecule is O=P1(C2CC2)CCCCC1. The number of hydrogen-bond donors (Lipinski definition) is 0. The van der Waals surface area contributed by atoms with Gasteiger partial charge in [0.25, 0.3) is 0 Å². The Balaban J connectivity index is 2.04. The van der Waals surface area contributed by atoms with Gasteiger partial charge < -0.3 is 4.57 Å². The van der Waals surface area contributed by atoms with Gasteiger partial charge in [-0.25, -0.2) is 0 Å². The highest BCUT2D eigenvalue weighted by atomic mass is 31.2. The molecule has 2 rings (SSSR count). The van der Waals surface area contributed by atoms with Crippen LogP contribution in [-0.2, 0) is 4.57 Å². The molecule has 0 radical (unpaired) electrons. The van der Waals surface area contributed by atoms with Crippen molar-refractivity contribution < 1.29 is 4.57 Å². The zero-order chi connectivity index (χ0) is 7.03. The van der Waals surface area contributed by atoms with E-state index < -0.39 is 7.14 Å². The van der Waals surface area contributed by atoms with E-state index in [9.17, 15) is 4.57 Å². The van der Waals surface area contributed by atoms with Crippen LogP contribution in [-0.4, -0.2) is 18.0 Å². The lowest BCUT2D eigenvalue weighted by molar-refractivity contribution is 0.558. The molecule has 1 heterocycles. The van der Waals surface area contributed by atoms with Crippen molar-refractivity contribution in [1.82, 2.24) is 0 Å². The number of hydrogen-bond acceptors (Lipinski definition) is 1. The molecule has 1 aliphatic heterocycles. The molecule has 1 saturated heterocycles. The second-order valence-corrected chi connectivity index (χ2v) is 7.22. The molecule has 0 atom stereocenters. The summed E-state index contributed by atoms with van der Waals surface area (Å²) in [5, 5.41) is 0. The van der Waals surface area contributed by atoms with Gasteiger partial charge in [-0.15, -0.1) is 0 Å². The molecular formula is C8H15OP. The summed E-state index contributed by atoms with van der Waals surface area (Å²) >= 11 is 0. The first kappa shape index (κ1) is 6.91. The maximum Gasteiger partial charge on any atom is 0.0906 e. The quantitative estimate of drug-likeness (QED) is 0.536. The zero-order valence-corrected chi connectivity index (χ0v) is 7.28. The summed E-state index contributed by atoms with van der Waals surface area (Å²) in [5.74, 6) is 0. The Kier molecular flexibility index (Phi) is 1.64. The van der Waals surface area contributed by atoms with Crippen LogP contribution in [0.2, 0.25) is 0 Å². The molecule has 0 N–H and O–H groups in total. The molecule has 10 heavy (non-hydrogen) atoms. The van der Waals surface area contributed by atoms with Gasteiger partial charge in [-0.3, -0.25) is 0 Å². The molecule has 0 aromatic rings. The summed E-state index contributed by atoms with van der Waals surface area (Å²) in [5.41, 5.74) is 0.688. The normalized spacial score (nSPS) is 32.0. The van der Waals surface area contributed by atoms with Crippen LogP contribution in [0, 0.1) is 0 Å². The van der Waals surface area contributed by atoms with Gasteiger partial charge in [-0.05, 0) is 25.7 Å². The topological polar surface area (TPSA) is 17.1 Å². The fourth-order valence-electron chi connectivity index (χ4n) is 1.96. The van der Waals surface area contributed by atoms with Crippen LogP contribution >= 0.6 is 7.14 Å². The Morgan fingerprint density at radius 3 is 2.10 bits per heavy atom. The Labute approximate surface area is 62.6 Å². The van der Waals surface area contributed by atoms with Gasteiger partial charge in [0.2, 0.25) is 0 Å². The van der Waals surface area contributed by atoms with Gasteiger partial charge in [0.1, 0.15) is 0 Å². The second kappa shape index (κ2) is 2.37. The van der Waals surface area contributed by atoms with Crippen molar-refractivity contribution in [2.45, 2.75) is 37.8 Å². The highest BCUT2D eigenvalue weighted by Gasteiger charge is 2.40. The monoisotopic (exact) mass is 158 g/mol. The first-order chi connectivity index (χ1) is 4.81. The van der Waals surface area contributed by atoms with Crippen molar-refractivity contribution in [1.29, 1.82) is 0 Å². The van der Waals surface area contributed by atoms with Crippen LogP contribution in [0.15, 0.2) is 0 Å². The lowest BCUT2D eigenvalue weighted by Crippen LogP contribution is -2.06. The Hall–Kier alpha value is 0.230. The minimum absolute atomic E-state index is 0.688. The van der Waals surface area contributed by atoms with E-state index >= 15 is 0 Å². The largest absolute Gasteiger partial charge is 0.323 e. The summed E-state index contributed by atoms with van der Waals surface area (Å²) in [6.07, 6.45) is 8.53. The minimum Gasteiger partial charge on any atom is -0.323 e. The van der Waals surface area contributed by atoms with E-state index in [1.807, 2.05) is 0 Å². The molecule has 2 fully saturated rings. The standard InChI is InChI=1S/C8H15OP/c9-10(8-4-5-8)6-2-1-3-7-10/h8H,1-7H2. The lowest BCUT2D eigenvalue weighted by atomic mass is 10.3. The summed E-state index contributed by atoms with van der Waals surface area (Å²) in [6.45, 7) is 0. The highest BCUT2D eigenvalue weighted by molar-refractivity contribution is 7.65. The smallest absolute Gasteiger partial charge is 0.0906 e. The second-order valence-electron chi connectivity index (χ2n) is 3.69. The summed E-state index contributed by atoms with van der Waals surface area (Å²) in [4.78, 5) is 0. The van der Waals surface area contributed by atoms with E-state index in [0.717, 1.165) is 12.3 Å². The van der Waals surface area contributed by atoms with Gasteiger partial charge in [0.15, 0.2) is 0 Å². The fourth-order valence-corrected chi connectivity index (χ4v) is 5.52. The molecule has 0 bridgehead atoms. The van der Waals surface area contributed by atoms with Crippen LogP contribution in [0.1, 0.15) is 32.1 Å². The van der Waals surface area contributed by atoms with Crippen LogP contribution < -0.4 is 0 Å². The van der Waals surface area contributed by atoms with Crippen LogP contribution in [0.3, 0.4) is 0 Å². The zero-order valence-electron chi connectivity index (χ0n) is 6.38. The van der Waals surface area contributed by atoms with E-state index in [-0.39, 0.29) is 0 Å². The fraction of sp³-hybridized carbons (Fsp3) is 1.00. The van der Waals surface area contributed by atoms with E-state index in [1.54, 1.807) is 0 Å². The highest BCUT2D eigenvalue weighted by Crippen LogP contribution is 2.63. The molecule has 1 aliphatic carbocycles. The Bertz CT molecular complexity index is 162. The van der Waals surface area contributed by atoms with Crippen LogP contribution in [0.25, 0.3) is 0 Å². The average Bonchev–Trinajstić information content (AvgIpc) is 2.69. The maximum absolute atomic E-state index is 12.0. The maximum atomic E-state index is 12.0. The Morgan fingerprint density at radius 2 is 1.60 bits per heavy atom.